The smallest absolute Gasteiger partial charge is 0.00105 e. The SMILES string of the molecule is CCCCCCCCc1c(C)c(C)c(C)c2c1Cc1ccccc1-2. The lowest BCUT2D eigenvalue weighted by atomic mass is 9.86. The largest absolute Gasteiger partial charge is 0.0654 e. The van der Waals surface area contributed by atoms with Crippen LogP contribution in [-0.4, -0.2) is 0 Å². The summed E-state index contributed by atoms with van der Waals surface area (Å²) in [5, 5.41) is 0. The van der Waals surface area contributed by atoms with Gasteiger partial charge in [0.15, 0.2) is 0 Å². The summed E-state index contributed by atoms with van der Waals surface area (Å²) in [6, 6.07) is 9.01. The molecule has 0 saturated heterocycles. The van der Waals surface area contributed by atoms with Gasteiger partial charge < -0.3 is 0 Å². The van der Waals surface area contributed by atoms with E-state index in [0.717, 1.165) is 6.42 Å². The van der Waals surface area contributed by atoms with Crippen molar-refractivity contribution in [2.75, 3.05) is 0 Å². The van der Waals surface area contributed by atoms with Gasteiger partial charge in [0.05, 0.1) is 0 Å². The van der Waals surface area contributed by atoms with Crippen LogP contribution in [0.15, 0.2) is 24.3 Å². The zero-order valence-electron chi connectivity index (χ0n) is 16.0. The summed E-state index contributed by atoms with van der Waals surface area (Å²) in [5.74, 6) is 0. The molecule has 0 atom stereocenters. The van der Waals surface area contributed by atoms with Gasteiger partial charge in [-0.25, -0.2) is 0 Å². The van der Waals surface area contributed by atoms with Crippen molar-refractivity contribution in [3.05, 3.63) is 57.6 Å². The molecule has 1 aliphatic rings. The summed E-state index contributed by atoms with van der Waals surface area (Å²) in [7, 11) is 0. The van der Waals surface area contributed by atoms with Gasteiger partial charge >= 0.3 is 0 Å². The van der Waals surface area contributed by atoms with Gasteiger partial charge in [0.1, 0.15) is 0 Å². The third-order valence-corrected chi connectivity index (χ3v) is 6.05. The maximum atomic E-state index is 2.35. The first-order chi connectivity index (χ1) is 11.6. The van der Waals surface area contributed by atoms with Crippen molar-refractivity contribution in [2.45, 2.75) is 79.1 Å². The minimum Gasteiger partial charge on any atom is -0.0654 e. The number of fused-ring (bicyclic) bond motifs is 3. The van der Waals surface area contributed by atoms with Crippen molar-refractivity contribution in [2.24, 2.45) is 0 Å². The molecule has 1 aliphatic carbocycles. The van der Waals surface area contributed by atoms with Crippen LogP contribution in [-0.2, 0) is 12.8 Å². The average Bonchev–Trinajstić information content (AvgIpc) is 2.98. The van der Waals surface area contributed by atoms with Crippen LogP contribution in [0.2, 0.25) is 0 Å². The lowest BCUT2D eigenvalue weighted by Crippen LogP contribution is -2.02. The highest BCUT2D eigenvalue weighted by Gasteiger charge is 2.25. The fourth-order valence-electron chi connectivity index (χ4n) is 4.39. The Morgan fingerprint density at radius 1 is 0.792 bits per heavy atom. The molecule has 3 rings (SSSR count). The van der Waals surface area contributed by atoms with E-state index in [0.29, 0.717) is 0 Å². The minimum atomic E-state index is 1.14. The van der Waals surface area contributed by atoms with Crippen LogP contribution in [0.25, 0.3) is 11.1 Å². The summed E-state index contributed by atoms with van der Waals surface area (Å²) in [6.07, 6.45) is 10.7. The lowest BCUT2D eigenvalue weighted by Gasteiger charge is -2.19. The van der Waals surface area contributed by atoms with Crippen LogP contribution < -0.4 is 0 Å². The molecule has 24 heavy (non-hydrogen) atoms. The van der Waals surface area contributed by atoms with E-state index in [-0.39, 0.29) is 0 Å². The summed E-state index contributed by atoms with van der Waals surface area (Å²) < 4.78 is 0. The zero-order valence-corrected chi connectivity index (χ0v) is 16.0. The second-order valence-electron chi connectivity index (χ2n) is 7.56. The molecule has 0 unspecified atom stereocenters. The molecule has 0 spiro atoms. The fraction of sp³-hybridized carbons (Fsp3) is 0.500. The highest BCUT2D eigenvalue weighted by atomic mass is 14.3. The number of unbranched alkanes of at least 4 members (excludes halogenated alkanes) is 5. The first kappa shape index (κ1) is 17.3. The summed E-state index contributed by atoms with van der Waals surface area (Å²) in [5.41, 5.74) is 12.4. The molecule has 0 amide bonds. The highest BCUT2D eigenvalue weighted by molar-refractivity contribution is 5.82. The van der Waals surface area contributed by atoms with Gasteiger partial charge in [-0.1, -0.05) is 63.3 Å². The highest BCUT2D eigenvalue weighted by Crippen LogP contribution is 2.43. The molecule has 2 aromatic rings. The topological polar surface area (TPSA) is 0 Å². The standard InChI is InChI=1S/C24H32/c1-5-6-7-8-9-10-14-21-18(3)17(2)19(4)24-22-15-12-11-13-20(22)16-23(21)24/h11-13,15H,5-10,14,16H2,1-4H3. The van der Waals surface area contributed by atoms with Crippen molar-refractivity contribution in [3.8, 4) is 11.1 Å². The number of rotatable bonds is 7. The molecule has 0 radical (unpaired) electrons. The lowest BCUT2D eigenvalue weighted by molar-refractivity contribution is 0.606. The van der Waals surface area contributed by atoms with Crippen LogP contribution in [0.1, 0.15) is 78.8 Å². The van der Waals surface area contributed by atoms with Gasteiger partial charge in [0.25, 0.3) is 0 Å². The van der Waals surface area contributed by atoms with Crippen molar-refractivity contribution >= 4 is 0 Å². The van der Waals surface area contributed by atoms with Crippen LogP contribution >= 0.6 is 0 Å². The Morgan fingerprint density at radius 2 is 1.50 bits per heavy atom. The van der Waals surface area contributed by atoms with E-state index in [1.165, 1.54) is 67.2 Å². The first-order valence-electron chi connectivity index (χ1n) is 9.85. The molecule has 0 nitrogen and oxygen atoms in total. The van der Waals surface area contributed by atoms with Crippen molar-refractivity contribution in [1.29, 1.82) is 0 Å². The molecule has 2 aromatic carbocycles. The molecule has 0 bridgehead atoms. The predicted molar refractivity (Wildman–Crippen MR) is 106 cm³/mol. The van der Waals surface area contributed by atoms with Gasteiger partial charge in [-0.3, -0.25) is 0 Å². The van der Waals surface area contributed by atoms with Crippen LogP contribution in [0.3, 0.4) is 0 Å². The van der Waals surface area contributed by atoms with E-state index in [9.17, 15) is 0 Å². The number of hydrogen-bond donors (Lipinski definition) is 0. The summed E-state index contributed by atoms with van der Waals surface area (Å²) >= 11 is 0. The maximum Gasteiger partial charge on any atom is -0.00105 e. The van der Waals surface area contributed by atoms with Crippen LogP contribution in [0.5, 0.6) is 0 Å². The molecule has 128 valence electrons. The Bertz CT molecular complexity index is 721. The monoisotopic (exact) mass is 320 g/mol. The van der Waals surface area contributed by atoms with E-state index < -0.39 is 0 Å². The molecule has 0 fully saturated rings. The second-order valence-corrected chi connectivity index (χ2v) is 7.56. The van der Waals surface area contributed by atoms with E-state index in [2.05, 4.69) is 52.0 Å². The molecule has 0 heterocycles. The molecule has 0 N–H and O–H groups in total. The Morgan fingerprint density at radius 3 is 2.29 bits per heavy atom. The van der Waals surface area contributed by atoms with E-state index in [4.69, 9.17) is 0 Å². The third kappa shape index (κ3) is 3.16. The van der Waals surface area contributed by atoms with Crippen molar-refractivity contribution in [3.63, 3.8) is 0 Å². The average molecular weight is 321 g/mol. The van der Waals surface area contributed by atoms with E-state index in [1.54, 1.807) is 22.3 Å². The molecular formula is C24H32. The summed E-state index contributed by atoms with van der Waals surface area (Å²) in [6.45, 7) is 9.27. The predicted octanol–water partition coefficient (Wildman–Crippen LogP) is 7.09. The van der Waals surface area contributed by atoms with Gasteiger partial charge in [0.2, 0.25) is 0 Å². The zero-order chi connectivity index (χ0) is 17.1. The second kappa shape index (κ2) is 7.55. The Labute approximate surface area is 148 Å². The Balaban J connectivity index is 1.85. The van der Waals surface area contributed by atoms with Crippen molar-refractivity contribution < 1.29 is 0 Å². The molecule has 0 saturated carbocycles. The number of hydrogen-bond acceptors (Lipinski definition) is 0. The normalized spacial score (nSPS) is 12.3. The Kier molecular flexibility index (Phi) is 5.43. The van der Waals surface area contributed by atoms with Crippen LogP contribution in [0, 0.1) is 20.8 Å². The van der Waals surface area contributed by atoms with Crippen LogP contribution in [0.4, 0.5) is 0 Å². The number of benzene rings is 2. The van der Waals surface area contributed by atoms with Crippen molar-refractivity contribution in [1.82, 2.24) is 0 Å². The minimum absolute atomic E-state index is 1.14. The maximum absolute atomic E-state index is 2.35. The quantitative estimate of drug-likeness (QED) is 0.408. The fourth-order valence-corrected chi connectivity index (χ4v) is 4.39. The van der Waals surface area contributed by atoms with Gasteiger partial charge in [-0.2, -0.15) is 0 Å². The third-order valence-electron chi connectivity index (χ3n) is 6.05. The molecule has 0 heteroatoms. The van der Waals surface area contributed by atoms with E-state index in [1.807, 2.05) is 0 Å². The summed E-state index contributed by atoms with van der Waals surface area (Å²) in [4.78, 5) is 0. The molecule has 0 aliphatic heterocycles. The van der Waals surface area contributed by atoms with Gasteiger partial charge in [-0.05, 0) is 84.5 Å². The van der Waals surface area contributed by atoms with Gasteiger partial charge in [-0.15, -0.1) is 0 Å². The first-order valence-corrected chi connectivity index (χ1v) is 9.85. The Hall–Kier alpha value is -1.56. The molecular weight excluding hydrogens is 288 g/mol. The van der Waals surface area contributed by atoms with Gasteiger partial charge in [0, 0.05) is 0 Å². The molecule has 0 aromatic heterocycles. The van der Waals surface area contributed by atoms with E-state index >= 15 is 0 Å².